The van der Waals surface area contributed by atoms with Gasteiger partial charge in [-0.05, 0) is 30.2 Å². The summed E-state index contributed by atoms with van der Waals surface area (Å²) in [4.78, 5) is 0. The fourth-order valence-corrected chi connectivity index (χ4v) is 1.88. The Bertz CT molecular complexity index is 474. The third kappa shape index (κ3) is 3.67. The Morgan fingerprint density at radius 1 is 1.38 bits per heavy atom. The second-order valence-electron chi connectivity index (χ2n) is 3.42. The molecule has 0 saturated heterocycles. The lowest BCUT2D eigenvalue weighted by Crippen LogP contribution is -2.09. The van der Waals surface area contributed by atoms with Crippen LogP contribution in [-0.2, 0) is 10.0 Å². The van der Waals surface area contributed by atoms with Crippen molar-refractivity contribution in [3.05, 3.63) is 35.9 Å². The largest absolute Gasteiger partial charge is 0.392 e. The van der Waals surface area contributed by atoms with Crippen molar-refractivity contribution in [2.75, 3.05) is 17.6 Å². The van der Waals surface area contributed by atoms with Crippen molar-refractivity contribution in [1.29, 1.82) is 0 Å². The van der Waals surface area contributed by atoms with Gasteiger partial charge in [0.05, 0.1) is 12.9 Å². The van der Waals surface area contributed by atoms with Gasteiger partial charge in [-0.25, -0.2) is 8.42 Å². The summed E-state index contributed by atoms with van der Waals surface area (Å²) in [6.07, 6.45) is 2.92. The maximum atomic E-state index is 11.0. The minimum absolute atomic E-state index is 0.0324. The van der Waals surface area contributed by atoms with Crippen LogP contribution in [0.15, 0.2) is 30.3 Å². The topological polar surface area (TPSA) is 66.4 Å². The molecule has 0 aliphatic carbocycles. The summed E-state index contributed by atoms with van der Waals surface area (Å²) in [7, 11) is -3.24. The van der Waals surface area contributed by atoms with E-state index in [1.54, 1.807) is 24.3 Å². The molecule has 0 heterocycles. The van der Waals surface area contributed by atoms with Crippen molar-refractivity contribution < 1.29 is 13.5 Å². The Labute approximate surface area is 95.7 Å². The lowest BCUT2D eigenvalue weighted by Gasteiger charge is -2.06. The molecule has 0 fully saturated rings. The van der Waals surface area contributed by atoms with Crippen molar-refractivity contribution in [3.63, 3.8) is 0 Å². The highest BCUT2D eigenvalue weighted by molar-refractivity contribution is 7.92. The summed E-state index contributed by atoms with van der Waals surface area (Å²) >= 11 is 0. The van der Waals surface area contributed by atoms with Crippen molar-refractivity contribution in [2.45, 2.75) is 6.92 Å². The Hall–Kier alpha value is -1.33. The van der Waals surface area contributed by atoms with Crippen LogP contribution in [0.2, 0.25) is 0 Å². The van der Waals surface area contributed by atoms with E-state index in [2.05, 4.69) is 4.72 Å². The minimum atomic E-state index is -3.24. The molecule has 0 aliphatic heterocycles. The average molecular weight is 241 g/mol. The number of aliphatic hydroxyl groups is 1. The monoisotopic (exact) mass is 241 g/mol. The average Bonchev–Trinajstić information content (AvgIpc) is 2.20. The van der Waals surface area contributed by atoms with Crippen LogP contribution in [0.25, 0.3) is 5.57 Å². The first kappa shape index (κ1) is 12.7. The van der Waals surface area contributed by atoms with Crippen LogP contribution in [0, 0.1) is 0 Å². The number of hydrogen-bond donors (Lipinski definition) is 2. The molecule has 2 N–H and O–H groups in total. The van der Waals surface area contributed by atoms with E-state index in [0.717, 1.165) is 17.4 Å². The van der Waals surface area contributed by atoms with Gasteiger partial charge in [0, 0.05) is 5.69 Å². The number of anilines is 1. The molecule has 88 valence electrons. The molecule has 0 aliphatic rings. The molecule has 1 aromatic rings. The lowest BCUT2D eigenvalue weighted by molar-refractivity contribution is 0.350. The molecule has 5 heteroatoms. The third-order valence-electron chi connectivity index (χ3n) is 2.08. The van der Waals surface area contributed by atoms with Gasteiger partial charge in [0.25, 0.3) is 0 Å². The molecule has 0 amide bonds. The van der Waals surface area contributed by atoms with Gasteiger partial charge in [-0.3, -0.25) is 4.72 Å². The first-order valence-corrected chi connectivity index (χ1v) is 6.69. The van der Waals surface area contributed by atoms with E-state index in [1.165, 1.54) is 0 Å². The van der Waals surface area contributed by atoms with Gasteiger partial charge in [-0.2, -0.15) is 0 Å². The number of hydrogen-bond acceptors (Lipinski definition) is 3. The maximum absolute atomic E-state index is 11.0. The van der Waals surface area contributed by atoms with Gasteiger partial charge in [-0.15, -0.1) is 0 Å². The molecule has 0 bridgehead atoms. The number of sulfonamides is 1. The first-order chi connectivity index (χ1) is 7.46. The van der Waals surface area contributed by atoms with Crippen molar-refractivity contribution in [3.8, 4) is 0 Å². The maximum Gasteiger partial charge on any atom is 0.229 e. The van der Waals surface area contributed by atoms with Crippen LogP contribution in [0.4, 0.5) is 5.69 Å². The zero-order valence-corrected chi connectivity index (χ0v) is 10.1. The number of allylic oxidation sites excluding steroid dienone is 1. The van der Waals surface area contributed by atoms with Crippen LogP contribution >= 0.6 is 0 Å². The molecule has 4 nitrogen and oxygen atoms in total. The zero-order chi connectivity index (χ0) is 12.2. The number of rotatable bonds is 4. The van der Waals surface area contributed by atoms with Crippen LogP contribution in [-0.4, -0.2) is 26.4 Å². The van der Waals surface area contributed by atoms with Crippen molar-refractivity contribution in [1.82, 2.24) is 0 Å². The molecule has 1 aromatic carbocycles. The lowest BCUT2D eigenvalue weighted by atomic mass is 10.1. The van der Waals surface area contributed by atoms with E-state index in [1.807, 2.05) is 13.0 Å². The Morgan fingerprint density at radius 3 is 2.31 bits per heavy atom. The molecule has 0 spiro atoms. The van der Waals surface area contributed by atoms with Crippen LogP contribution in [0.1, 0.15) is 12.5 Å². The van der Waals surface area contributed by atoms with Crippen molar-refractivity contribution in [2.24, 2.45) is 0 Å². The number of aliphatic hydroxyl groups excluding tert-OH is 1. The molecule has 0 radical (unpaired) electrons. The van der Waals surface area contributed by atoms with E-state index in [0.29, 0.717) is 5.69 Å². The van der Waals surface area contributed by atoms with Gasteiger partial charge in [0.2, 0.25) is 10.0 Å². The van der Waals surface area contributed by atoms with Gasteiger partial charge in [0.15, 0.2) is 0 Å². The predicted molar refractivity (Wildman–Crippen MR) is 65.6 cm³/mol. The summed E-state index contributed by atoms with van der Waals surface area (Å²) < 4.78 is 24.3. The number of benzene rings is 1. The zero-order valence-electron chi connectivity index (χ0n) is 9.27. The fraction of sp³-hybridized carbons (Fsp3) is 0.273. The van der Waals surface area contributed by atoms with E-state index >= 15 is 0 Å². The molecular weight excluding hydrogens is 226 g/mol. The summed E-state index contributed by atoms with van der Waals surface area (Å²) in [5.41, 5.74) is 2.20. The highest BCUT2D eigenvalue weighted by Crippen LogP contribution is 2.17. The Balaban J connectivity index is 2.92. The highest BCUT2D eigenvalue weighted by atomic mass is 32.2. The molecule has 16 heavy (non-hydrogen) atoms. The summed E-state index contributed by atoms with van der Waals surface area (Å²) in [5.74, 6) is 0. The SMILES string of the molecule is C/C=C(\CO)c1ccc(NS(C)(=O)=O)cc1. The quantitative estimate of drug-likeness (QED) is 0.838. The van der Waals surface area contributed by atoms with Crippen molar-refractivity contribution >= 4 is 21.3 Å². The van der Waals surface area contributed by atoms with Gasteiger partial charge in [0.1, 0.15) is 0 Å². The standard InChI is InChI=1S/C11H15NO3S/c1-3-9(8-13)10-4-6-11(7-5-10)12-16(2,14)15/h3-7,12-13H,8H2,1-2H3/b9-3+. The van der Waals surface area contributed by atoms with Crippen LogP contribution in [0.3, 0.4) is 0 Å². The molecule has 0 saturated carbocycles. The van der Waals surface area contributed by atoms with Crippen LogP contribution in [0.5, 0.6) is 0 Å². The Morgan fingerprint density at radius 2 is 1.94 bits per heavy atom. The molecule has 1 rings (SSSR count). The van der Waals surface area contributed by atoms with Gasteiger partial charge >= 0.3 is 0 Å². The van der Waals surface area contributed by atoms with E-state index in [9.17, 15) is 8.42 Å². The molecular formula is C11H15NO3S. The summed E-state index contributed by atoms with van der Waals surface area (Å²) in [6, 6.07) is 6.85. The molecule has 0 unspecified atom stereocenters. The highest BCUT2D eigenvalue weighted by Gasteiger charge is 2.03. The normalized spacial score (nSPS) is 12.6. The minimum Gasteiger partial charge on any atom is -0.392 e. The third-order valence-corrected chi connectivity index (χ3v) is 2.68. The fourth-order valence-electron chi connectivity index (χ4n) is 1.32. The van der Waals surface area contributed by atoms with Gasteiger partial charge in [-0.1, -0.05) is 18.2 Å². The summed E-state index contributed by atoms with van der Waals surface area (Å²) in [6.45, 7) is 1.81. The predicted octanol–water partition coefficient (Wildman–Crippen LogP) is 1.45. The van der Waals surface area contributed by atoms with E-state index < -0.39 is 10.0 Å². The second-order valence-corrected chi connectivity index (χ2v) is 5.17. The number of nitrogens with one attached hydrogen (secondary N) is 1. The van der Waals surface area contributed by atoms with Gasteiger partial charge < -0.3 is 5.11 Å². The smallest absolute Gasteiger partial charge is 0.229 e. The summed E-state index contributed by atoms with van der Waals surface area (Å²) in [5, 5.41) is 9.06. The van der Waals surface area contributed by atoms with E-state index in [4.69, 9.17) is 5.11 Å². The molecule has 0 aromatic heterocycles. The van der Waals surface area contributed by atoms with Crippen LogP contribution < -0.4 is 4.72 Å². The Kier molecular flexibility index (Phi) is 4.09. The first-order valence-electron chi connectivity index (χ1n) is 4.80. The molecule has 0 atom stereocenters. The van der Waals surface area contributed by atoms with E-state index in [-0.39, 0.29) is 6.61 Å². The second kappa shape index (κ2) is 5.14.